The smallest absolute Gasteiger partial charge is 0.209 e. The van der Waals surface area contributed by atoms with E-state index >= 15 is 0 Å². The molecule has 1 aliphatic heterocycles. The Morgan fingerprint density at radius 1 is 0.692 bits per heavy atom. The number of unbranched alkanes of at least 4 members (excludes halogenated alkanes) is 15. The Morgan fingerprint density at radius 2 is 1.23 bits per heavy atom. The summed E-state index contributed by atoms with van der Waals surface area (Å²) >= 11 is 0. The maximum atomic E-state index is 12.0. The highest BCUT2D eigenvalue weighted by atomic mass is 16.1. The second-order valence-electron chi connectivity index (χ2n) is 12.9. The zero-order valence-electron chi connectivity index (χ0n) is 26.4. The maximum Gasteiger partial charge on any atom is 0.209 e. The van der Waals surface area contributed by atoms with Gasteiger partial charge in [-0.15, -0.1) is 0 Å². The average Bonchev–Trinajstić information content (AvgIpc) is 2.96. The molecule has 1 amide bonds. The van der Waals surface area contributed by atoms with Gasteiger partial charge in [0.05, 0.1) is 0 Å². The molecule has 0 N–H and O–H groups in total. The van der Waals surface area contributed by atoms with Gasteiger partial charge in [-0.2, -0.15) is 0 Å². The highest BCUT2D eigenvalue weighted by molar-refractivity contribution is 5.48. The number of likely N-dealkylation sites (tertiary alicyclic amines) is 1. The lowest BCUT2D eigenvalue weighted by atomic mass is 9.87. The first kappa shape index (κ1) is 34.3. The van der Waals surface area contributed by atoms with Gasteiger partial charge < -0.3 is 14.7 Å². The van der Waals surface area contributed by atoms with Crippen LogP contribution in [0.5, 0.6) is 0 Å². The Labute approximate surface area is 244 Å². The van der Waals surface area contributed by atoms with Crippen LogP contribution >= 0.6 is 0 Å². The van der Waals surface area contributed by atoms with E-state index in [-0.39, 0.29) is 0 Å². The van der Waals surface area contributed by atoms with Gasteiger partial charge >= 0.3 is 0 Å². The SMILES string of the molecule is CCCCCCCCCCCCCCCCCCN(C)CC1CC=CCC1N(C=O)CCCN1CCCCC1. The van der Waals surface area contributed by atoms with Crippen LogP contribution < -0.4 is 0 Å². The van der Waals surface area contributed by atoms with Crippen molar-refractivity contribution in [1.29, 1.82) is 0 Å². The third kappa shape index (κ3) is 16.9. The molecule has 0 spiro atoms. The molecule has 2 aliphatic rings. The normalized spacial score (nSPS) is 20.1. The van der Waals surface area contributed by atoms with Crippen LogP contribution in [0.1, 0.15) is 148 Å². The molecule has 0 saturated carbocycles. The van der Waals surface area contributed by atoms with Crippen LogP contribution in [0.15, 0.2) is 12.2 Å². The van der Waals surface area contributed by atoms with Crippen molar-refractivity contribution in [2.45, 2.75) is 154 Å². The van der Waals surface area contributed by atoms with Gasteiger partial charge in [-0.1, -0.05) is 122 Å². The predicted molar refractivity (Wildman–Crippen MR) is 170 cm³/mol. The minimum absolute atomic E-state index is 0.377. The summed E-state index contributed by atoms with van der Waals surface area (Å²) in [6, 6.07) is 0.377. The number of hydrogen-bond donors (Lipinski definition) is 0. The first-order valence-corrected chi connectivity index (χ1v) is 17.5. The number of amides is 1. The molecule has 2 atom stereocenters. The van der Waals surface area contributed by atoms with E-state index in [0.29, 0.717) is 12.0 Å². The minimum Gasteiger partial charge on any atom is -0.342 e. The lowest BCUT2D eigenvalue weighted by molar-refractivity contribution is -0.121. The number of hydrogen-bond acceptors (Lipinski definition) is 3. The van der Waals surface area contributed by atoms with E-state index in [1.807, 2.05) is 0 Å². The van der Waals surface area contributed by atoms with E-state index in [0.717, 1.165) is 45.3 Å². The zero-order valence-corrected chi connectivity index (χ0v) is 26.4. The van der Waals surface area contributed by atoms with E-state index < -0.39 is 0 Å². The Hall–Kier alpha value is -0.870. The number of carbonyl (C=O) groups is 1. The average molecular weight is 546 g/mol. The van der Waals surface area contributed by atoms with Crippen molar-refractivity contribution in [1.82, 2.24) is 14.7 Å². The van der Waals surface area contributed by atoms with Gasteiger partial charge in [0.2, 0.25) is 6.41 Å². The van der Waals surface area contributed by atoms with Crippen molar-refractivity contribution < 1.29 is 4.79 Å². The highest BCUT2D eigenvalue weighted by Crippen LogP contribution is 2.25. The number of carbonyl (C=O) groups excluding carboxylic acids is 1. The summed E-state index contributed by atoms with van der Waals surface area (Å²) in [6.07, 6.45) is 35.9. The van der Waals surface area contributed by atoms with Crippen molar-refractivity contribution in [3.05, 3.63) is 12.2 Å². The van der Waals surface area contributed by atoms with Crippen LogP contribution in [0.25, 0.3) is 0 Å². The van der Waals surface area contributed by atoms with Crippen molar-refractivity contribution in [3.8, 4) is 0 Å². The predicted octanol–water partition coefficient (Wildman–Crippen LogP) is 8.85. The third-order valence-corrected chi connectivity index (χ3v) is 9.37. The number of allylic oxidation sites excluding steroid dienone is 1. The van der Waals surface area contributed by atoms with Crippen LogP contribution in [0.2, 0.25) is 0 Å². The van der Waals surface area contributed by atoms with Gasteiger partial charge in [-0.3, -0.25) is 4.79 Å². The summed E-state index contributed by atoms with van der Waals surface area (Å²) in [4.78, 5) is 19.3. The van der Waals surface area contributed by atoms with Crippen LogP contribution in [0, 0.1) is 5.92 Å². The van der Waals surface area contributed by atoms with Gasteiger partial charge in [-0.05, 0) is 77.7 Å². The quantitative estimate of drug-likeness (QED) is 0.0651. The number of rotatable bonds is 25. The lowest BCUT2D eigenvalue weighted by Crippen LogP contribution is -2.45. The van der Waals surface area contributed by atoms with Gasteiger partial charge in [0.25, 0.3) is 0 Å². The van der Waals surface area contributed by atoms with Crippen molar-refractivity contribution >= 4 is 6.41 Å². The third-order valence-electron chi connectivity index (χ3n) is 9.37. The van der Waals surface area contributed by atoms with E-state index in [2.05, 4.69) is 40.8 Å². The topological polar surface area (TPSA) is 26.8 Å². The fourth-order valence-electron chi connectivity index (χ4n) is 6.84. The van der Waals surface area contributed by atoms with Crippen LogP contribution in [0.4, 0.5) is 0 Å². The molecule has 2 rings (SSSR count). The second kappa shape index (κ2) is 23.8. The zero-order chi connectivity index (χ0) is 27.8. The lowest BCUT2D eigenvalue weighted by Gasteiger charge is -2.38. The van der Waals surface area contributed by atoms with Crippen molar-refractivity contribution in [2.75, 3.05) is 46.3 Å². The molecular formula is C35H67N3O. The summed E-state index contributed by atoms with van der Waals surface area (Å²) < 4.78 is 0. The first-order chi connectivity index (χ1) is 19.2. The summed E-state index contributed by atoms with van der Waals surface area (Å²) in [5, 5.41) is 0. The monoisotopic (exact) mass is 546 g/mol. The van der Waals surface area contributed by atoms with Crippen molar-refractivity contribution in [2.24, 2.45) is 5.92 Å². The molecule has 0 bridgehead atoms. The number of nitrogens with zero attached hydrogens (tertiary/aromatic N) is 3. The number of piperidine rings is 1. The molecule has 1 fully saturated rings. The Morgan fingerprint density at radius 3 is 1.79 bits per heavy atom. The molecule has 4 nitrogen and oxygen atoms in total. The van der Waals surface area contributed by atoms with Crippen LogP contribution in [-0.2, 0) is 4.79 Å². The van der Waals surface area contributed by atoms with E-state index in [1.54, 1.807) is 0 Å². The molecule has 1 saturated heterocycles. The van der Waals surface area contributed by atoms with Crippen LogP contribution in [0.3, 0.4) is 0 Å². The fraction of sp³-hybridized carbons (Fsp3) is 0.914. The van der Waals surface area contributed by atoms with Crippen LogP contribution in [-0.4, -0.2) is 73.5 Å². The summed E-state index contributed by atoms with van der Waals surface area (Å²) in [5.74, 6) is 0.571. The summed E-state index contributed by atoms with van der Waals surface area (Å²) in [5.41, 5.74) is 0. The maximum absolute atomic E-state index is 12.0. The summed E-state index contributed by atoms with van der Waals surface area (Å²) in [6.45, 7) is 9.17. The fourth-order valence-corrected chi connectivity index (χ4v) is 6.84. The van der Waals surface area contributed by atoms with Crippen molar-refractivity contribution in [3.63, 3.8) is 0 Å². The largest absolute Gasteiger partial charge is 0.342 e. The van der Waals surface area contributed by atoms with Gasteiger partial charge in [0.1, 0.15) is 0 Å². The standard InChI is InChI=1S/C35H67N3O/c1-3-4-5-6-7-8-9-10-11-12-13-14-15-16-17-21-27-36(2)32-34-25-19-20-26-35(34)38(33-39)31-24-30-37-28-22-18-23-29-37/h19-20,33-35H,3-18,21-32H2,1-2H3. The molecular weight excluding hydrogens is 478 g/mol. The molecule has 0 aromatic carbocycles. The molecule has 2 unspecified atom stereocenters. The first-order valence-electron chi connectivity index (χ1n) is 17.5. The van der Waals surface area contributed by atoms with Gasteiger partial charge in [0, 0.05) is 19.1 Å². The molecule has 39 heavy (non-hydrogen) atoms. The summed E-state index contributed by atoms with van der Waals surface area (Å²) in [7, 11) is 2.29. The highest BCUT2D eigenvalue weighted by Gasteiger charge is 2.28. The molecule has 228 valence electrons. The van der Waals surface area contributed by atoms with Gasteiger partial charge in [0.15, 0.2) is 0 Å². The molecule has 4 heteroatoms. The Kier molecular flexibility index (Phi) is 20.9. The van der Waals surface area contributed by atoms with E-state index in [9.17, 15) is 4.79 Å². The molecule has 0 aromatic rings. The van der Waals surface area contributed by atoms with Gasteiger partial charge in [-0.25, -0.2) is 0 Å². The molecule has 1 heterocycles. The minimum atomic E-state index is 0.377. The second-order valence-corrected chi connectivity index (χ2v) is 12.9. The molecule has 0 aromatic heterocycles. The Balaban J connectivity index is 1.46. The van der Waals surface area contributed by atoms with E-state index in [4.69, 9.17) is 0 Å². The Bertz CT molecular complexity index is 588. The van der Waals surface area contributed by atoms with E-state index in [1.165, 1.54) is 142 Å². The molecule has 1 aliphatic carbocycles. The molecule has 0 radical (unpaired) electrons.